The largest absolute Gasteiger partial charge is 0.507 e. The highest BCUT2D eigenvalue weighted by Crippen LogP contribution is 2.44. The fraction of sp³-hybridized carbons (Fsp3) is 0.241. The van der Waals surface area contributed by atoms with Crippen LogP contribution in [0.2, 0.25) is 0 Å². The summed E-state index contributed by atoms with van der Waals surface area (Å²) in [7, 11) is 1.52. The molecule has 0 saturated carbocycles. The van der Waals surface area contributed by atoms with E-state index in [1.54, 1.807) is 24.3 Å². The second kappa shape index (κ2) is 9.66. The van der Waals surface area contributed by atoms with Crippen LogP contribution in [0.25, 0.3) is 5.76 Å². The van der Waals surface area contributed by atoms with E-state index in [1.807, 2.05) is 64.1 Å². The van der Waals surface area contributed by atoms with Gasteiger partial charge < -0.3 is 14.6 Å². The average molecular weight is 472 g/mol. The van der Waals surface area contributed by atoms with Gasteiger partial charge in [-0.25, -0.2) is 0 Å². The van der Waals surface area contributed by atoms with Crippen molar-refractivity contribution in [3.8, 4) is 11.5 Å². The molecule has 1 saturated heterocycles. The first-order chi connectivity index (χ1) is 16.8. The molecule has 1 N–H and O–H groups in total. The lowest BCUT2D eigenvalue weighted by molar-refractivity contribution is -0.132. The number of hydrogen-bond acceptors (Lipinski definition) is 5. The molecule has 3 aromatic carbocycles. The molecule has 1 unspecified atom stereocenters. The summed E-state index contributed by atoms with van der Waals surface area (Å²) >= 11 is 0. The maximum atomic E-state index is 13.5. The van der Waals surface area contributed by atoms with E-state index in [4.69, 9.17) is 9.47 Å². The molecule has 0 radical (unpaired) electrons. The lowest BCUT2D eigenvalue weighted by atomic mass is 9.93. The van der Waals surface area contributed by atoms with Gasteiger partial charge in [0.25, 0.3) is 11.7 Å². The molecule has 35 heavy (non-hydrogen) atoms. The number of rotatable bonds is 6. The number of aliphatic hydroxyl groups excluding tert-OH is 1. The third kappa shape index (κ3) is 4.39. The van der Waals surface area contributed by atoms with Crippen LogP contribution in [-0.4, -0.2) is 30.5 Å². The highest BCUT2D eigenvalue weighted by Gasteiger charge is 2.47. The Morgan fingerprint density at radius 1 is 0.971 bits per heavy atom. The van der Waals surface area contributed by atoms with E-state index in [2.05, 4.69) is 0 Å². The van der Waals surface area contributed by atoms with Crippen molar-refractivity contribution in [3.05, 3.63) is 94.1 Å². The van der Waals surface area contributed by atoms with Crippen LogP contribution in [0, 0.1) is 20.8 Å². The summed E-state index contributed by atoms with van der Waals surface area (Å²) in [5.74, 6) is -0.657. The molecule has 0 aromatic heterocycles. The van der Waals surface area contributed by atoms with Gasteiger partial charge in [0.2, 0.25) is 0 Å². The summed E-state index contributed by atoms with van der Waals surface area (Å²) in [5, 5.41) is 11.6. The number of nitrogens with zero attached hydrogens (tertiary/aromatic N) is 1. The number of anilines is 1. The number of ketones is 1. The summed E-state index contributed by atoms with van der Waals surface area (Å²) in [6.45, 7) is 8.08. The van der Waals surface area contributed by atoms with E-state index >= 15 is 0 Å². The smallest absolute Gasteiger partial charge is 0.300 e. The fourth-order valence-electron chi connectivity index (χ4n) is 4.61. The van der Waals surface area contributed by atoms with Crippen LogP contribution in [0.1, 0.15) is 40.8 Å². The van der Waals surface area contributed by atoms with Gasteiger partial charge in [-0.2, -0.15) is 0 Å². The van der Waals surface area contributed by atoms with Gasteiger partial charge in [0.15, 0.2) is 0 Å². The standard InChI is InChI=1S/C29H29NO5/c1-6-35-22-9-7-8-20(16-22)25-24(26(31)23-15-18(3)14-19(4)28(23)34-5)27(32)29(33)30(25)21-12-10-17(2)11-13-21/h7-16,25,31H,6H2,1-5H3/b26-24+. The van der Waals surface area contributed by atoms with Gasteiger partial charge in [-0.3, -0.25) is 14.5 Å². The summed E-state index contributed by atoms with van der Waals surface area (Å²) in [4.78, 5) is 28.3. The zero-order chi connectivity index (χ0) is 25.3. The summed E-state index contributed by atoms with van der Waals surface area (Å²) in [6, 6.07) is 17.5. The van der Waals surface area contributed by atoms with Crippen molar-refractivity contribution in [2.75, 3.05) is 18.6 Å². The Labute approximate surface area is 205 Å². The van der Waals surface area contributed by atoms with Crippen molar-refractivity contribution >= 4 is 23.1 Å². The van der Waals surface area contributed by atoms with Crippen LogP contribution in [0.15, 0.2) is 66.2 Å². The highest BCUT2D eigenvalue weighted by atomic mass is 16.5. The molecule has 1 atom stereocenters. The molecule has 1 aliphatic heterocycles. The molecular formula is C29H29NO5. The molecule has 1 fully saturated rings. The predicted octanol–water partition coefficient (Wildman–Crippen LogP) is 5.65. The molecule has 1 amide bonds. The van der Waals surface area contributed by atoms with Crippen molar-refractivity contribution < 1.29 is 24.2 Å². The maximum Gasteiger partial charge on any atom is 0.300 e. The Kier molecular flexibility index (Phi) is 6.65. The van der Waals surface area contributed by atoms with E-state index in [9.17, 15) is 14.7 Å². The molecular weight excluding hydrogens is 442 g/mol. The quantitative estimate of drug-likeness (QED) is 0.286. The Morgan fingerprint density at radius 2 is 1.69 bits per heavy atom. The average Bonchev–Trinajstić information content (AvgIpc) is 3.09. The molecule has 4 rings (SSSR count). The van der Waals surface area contributed by atoms with Gasteiger partial charge in [-0.1, -0.05) is 35.9 Å². The van der Waals surface area contributed by atoms with Crippen LogP contribution in [0.3, 0.4) is 0 Å². The number of carbonyl (C=O) groups excluding carboxylic acids is 2. The fourth-order valence-corrected chi connectivity index (χ4v) is 4.61. The first-order valence-electron chi connectivity index (χ1n) is 11.5. The van der Waals surface area contributed by atoms with Crippen molar-refractivity contribution in [1.82, 2.24) is 0 Å². The summed E-state index contributed by atoms with van der Waals surface area (Å²) in [5.41, 5.74) is 4.34. The van der Waals surface area contributed by atoms with Crippen LogP contribution >= 0.6 is 0 Å². The topological polar surface area (TPSA) is 76.1 Å². The maximum absolute atomic E-state index is 13.5. The van der Waals surface area contributed by atoms with Gasteiger partial charge in [0.1, 0.15) is 17.3 Å². The predicted molar refractivity (Wildman–Crippen MR) is 136 cm³/mol. The highest BCUT2D eigenvalue weighted by molar-refractivity contribution is 6.51. The van der Waals surface area contributed by atoms with Gasteiger partial charge in [0.05, 0.1) is 30.9 Å². The summed E-state index contributed by atoms with van der Waals surface area (Å²) in [6.07, 6.45) is 0. The molecule has 6 nitrogen and oxygen atoms in total. The number of amides is 1. The van der Waals surface area contributed by atoms with E-state index in [0.717, 1.165) is 16.7 Å². The van der Waals surface area contributed by atoms with Gasteiger partial charge in [-0.05, 0) is 74.7 Å². The third-order valence-corrected chi connectivity index (χ3v) is 6.12. The number of hydrogen-bond donors (Lipinski definition) is 1. The molecule has 1 aliphatic rings. The van der Waals surface area contributed by atoms with E-state index in [-0.39, 0.29) is 11.3 Å². The molecule has 1 heterocycles. The minimum Gasteiger partial charge on any atom is -0.507 e. The van der Waals surface area contributed by atoms with Crippen molar-refractivity contribution in [3.63, 3.8) is 0 Å². The lowest BCUT2D eigenvalue weighted by Crippen LogP contribution is -2.29. The molecule has 0 aliphatic carbocycles. The molecule has 180 valence electrons. The first-order valence-corrected chi connectivity index (χ1v) is 11.5. The monoisotopic (exact) mass is 471 g/mol. The Hall–Kier alpha value is -4.06. The van der Waals surface area contributed by atoms with E-state index in [1.165, 1.54) is 12.0 Å². The van der Waals surface area contributed by atoms with E-state index in [0.29, 0.717) is 34.9 Å². The lowest BCUT2D eigenvalue weighted by Gasteiger charge is -2.26. The number of aliphatic hydroxyl groups is 1. The zero-order valence-corrected chi connectivity index (χ0v) is 20.6. The molecule has 0 spiro atoms. The number of methoxy groups -OCH3 is 1. The van der Waals surface area contributed by atoms with Crippen LogP contribution in [0.5, 0.6) is 11.5 Å². The van der Waals surface area contributed by atoms with Crippen molar-refractivity contribution in [2.24, 2.45) is 0 Å². The van der Waals surface area contributed by atoms with Crippen LogP contribution in [-0.2, 0) is 9.59 Å². The van der Waals surface area contributed by atoms with Crippen LogP contribution in [0.4, 0.5) is 5.69 Å². The normalized spacial score (nSPS) is 17.1. The van der Waals surface area contributed by atoms with E-state index < -0.39 is 17.7 Å². The zero-order valence-electron chi connectivity index (χ0n) is 20.6. The number of carbonyl (C=O) groups is 2. The molecule has 0 bridgehead atoms. The Morgan fingerprint density at radius 3 is 2.34 bits per heavy atom. The third-order valence-electron chi connectivity index (χ3n) is 6.12. The second-order valence-electron chi connectivity index (χ2n) is 8.67. The van der Waals surface area contributed by atoms with Crippen molar-refractivity contribution in [2.45, 2.75) is 33.7 Å². The minimum absolute atomic E-state index is 0.00697. The number of aryl methyl sites for hydroxylation is 3. The Balaban J connectivity index is 2.00. The van der Waals surface area contributed by atoms with Gasteiger partial charge >= 0.3 is 0 Å². The number of benzene rings is 3. The molecule has 6 heteroatoms. The Bertz CT molecular complexity index is 1320. The molecule has 3 aromatic rings. The minimum atomic E-state index is -0.844. The summed E-state index contributed by atoms with van der Waals surface area (Å²) < 4.78 is 11.2. The van der Waals surface area contributed by atoms with Crippen molar-refractivity contribution in [1.29, 1.82) is 0 Å². The number of ether oxygens (including phenoxy) is 2. The first kappa shape index (κ1) is 24.1. The SMILES string of the molecule is CCOc1cccc(C2/C(=C(\O)c3cc(C)cc(C)c3OC)C(=O)C(=O)N2c2ccc(C)cc2)c1. The second-order valence-corrected chi connectivity index (χ2v) is 8.67. The van der Waals surface area contributed by atoms with Crippen LogP contribution < -0.4 is 14.4 Å². The van der Waals surface area contributed by atoms with Gasteiger partial charge in [-0.15, -0.1) is 0 Å². The number of Topliss-reactive ketones (excluding diaryl/α,β-unsaturated/α-hetero) is 1. The van der Waals surface area contributed by atoms with Gasteiger partial charge in [0, 0.05) is 5.69 Å².